The van der Waals surface area contributed by atoms with Crippen LogP contribution in [-0.4, -0.2) is 33.6 Å². The summed E-state index contributed by atoms with van der Waals surface area (Å²) in [5.41, 5.74) is 2.43. The minimum Gasteiger partial charge on any atom is -0.478 e. The Morgan fingerprint density at radius 3 is 2.74 bits per heavy atom. The number of aryl methyl sites for hydroxylation is 1. The molecule has 1 heterocycles. The van der Waals surface area contributed by atoms with Crippen LogP contribution in [0.25, 0.3) is 6.08 Å². The molecule has 1 saturated heterocycles. The zero-order chi connectivity index (χ0) is 19.4. The van der Waals surface area contributed by atoms with Crippen LogP contribution in [0.2, 0.25) is 0 Å². The second-order valence-corrected chi connectivity index (χ2v) is 6.95. The van der Waals surface area contributed by atoms with Crippen molar-refractivity contribution in [3.63, 3.8) is 0 Å². The number of carbonyl (C=O) groups is 2. The summed E-state index contributed by atoms with van der Waals surface area (Å²) in [5, 5.41) is 9.79. The Morgan fingerprint density at radius 1 is 1.26 bits per heavy atom. The SMILES string of the molecule is C=CCN1C(=O)/C(=C/c2cccc(C)c2)SC1=Nc1ccccc1C(=O)O. The minimum atomic E-state index is -1.06. The fourth-order valence-electron chi connectivity index (χ4n) is 2.65. The number of aromatic carboxylic acids is 1. The van der Waals surface area contributed by atoms with E-state index in [-0.39, 0.29) is 11.5 Å². The third kappa shape index (κ3) is 4.17. The largest absolute Gasteiger partial charge is 0.478 e. The molecule has 1 amide bonds. The van der Waals surface area contributed by atoms with E-state index in [4.69, 9.17) is 0 Å². The summed E-state index contributed by atoms with van der Waals surface area (Å²) in [6, 6.07) is 14.3. The third-order valence-electron chi connectivity index (χ3n) is 3.89. The maximum atomic E-state index is 12.8. The zero-order valence-corrected chi connectivity index (χ0v) is 15.6. The van der Waals surface area contributed by atoms with Crippen molar-refractivity contribution in [1.29, 1.82) is 0 Å². The van der Waals surface area contributed by atoms with E-state index in [1.807, 2.05) is 37.3 Å². The third-order valence-corrected chi connectivity index (χ3v) is 4.90. The van der Waals surface area contributed by atoms with Crippen molar-refractivity contribution in [3.8, 4) is 0 Å². The minimum absolute atomic E-state index is 0.0905. The predicted octanol–water partition coefficient (Wildman–Crippen LogP) is 4.48. The molecule has 5 nitrogen and oxygen atoms in total. The van der Waals surface area contributed by atoms with Gasteiger partial charge in [0.15, 0.2) is 5.17 Å². The Morgan fingerprint density at radius 2 is 2.04 bits per heavy atom. The van der Waals surface area contributed by atoms with Crippen molar-refractivity contribution in [2.75, 3.05) is 6.54 Å². The van der Waals surface area contributed by atoms with Crippen LogP contribution < -0.4 is 0 Å². The van der Waals surface area contributed by atoms with Gasteiger partial charge in [0.25, 0.3) is 5.91 Å². The quantitative estimate of drug-likeness (QED) is 0.615. The first kappa shape index (κ1) is 18.7. The molecule has 0 saturated carbocycles. The Bertz CT molecular complexity index is 979. The Balaban J connectivity index is 2.01. The van der Waals surface area contributed by atoms with Gasteiger partial charge in [-0.05, 0) is 42.5 Å². The highest BCUT2D eigenvalue weighted by molar-refractivity contribution is 8.18. The fourth-order valence-corrected chi connectivity index (χ4v) is 3.65. The summed E-state index contributed by atoms with van der Waals surface area (Å²) in [4.78, 5) is 30.7. The number of para-hydroxylation sites is 1. The lowest BCUT2D eigenvalue weighted by atomic mass is 10.1. The predicted molar refractivity (Wildman–Crippen MR) is 109 cm³/mol. The van der Waals surface area contributed by atoms with E-state index < -0.39 is 5.97 Å². The number of hydrogen-bond donors (Lipinski definition) is 1. The summed E-state index contributed by atoms with van der Waals surface area (Å²) >= 11 is 1.23. The molecule has 136 valence electrons. The van der Waals surface area contributed by atoms with E-state index >= 15 is 0 Å². The average molecular weight is 378 g/mol. The molecule has 6 heteroatoms. The van der Waals surface area contributed by atoms with Crippen LogP contribution in [0.3, 0.4) is 0 Å². The molecule has 1 fully saturated rings. The van der Waals surface area contributed by atoms with Crippen LogP contribution in [0.5, 0.6) is 0 Å². The van der Waals surface area contributed by atoms with Crippen molar-refractivity contribution in [2.24, 2.45) is 4.99 Å². The van der Waals surface area contributed by atoms with Gasteiger partial charge < -0.3 is 5.11 Å². The summed E-state index contributed by atoms with van der Waals surface area (Å²) in [7, 11) is 0. The number of carbonyl (C=O) groups excluding carboxylic acids is 1. The van der Waals surface area contributed by atoms with Crippen LogP contribution in [0.4, 0.5) is 5.69 Å². The van der Waals surface area contributed by atoms with Crippen molar-refractivity contribution in [1.82, 2.24) is 4.90 Å². The summed E-state index contributed by atoms with van der Waals surface area (Å²) < 4.78 is 0. The molecule has 0 spiro atoms. The lowest BCUT2D eigenvalue weighted by molar-refractivity contribution is -0.121. The van der Waals surface area contributed by atoms with Gasteiger partial charge in [-0.3, -0.25) is 9.69 Å². The molecule has 2 aromatic rings. The lowest BCUT2D eigenvalue weighted by Crippen LogP contribution is -2.29. The van der Waals surface area contributed by atoms with Crippen molar-refractivity contribution < 1.29 is 14.7 Å². The monoisotopic (exact) mass is 378 g/mol. The van der Waals surface area contributed by atoms with Gasteiger partial charge in [-0.15, -0.1) is 6.58 Å². The maximum Gasteiger partial charge on any atom is 0.337 e. The van der Waals surface area contributed by atoms with Gasteiger partial charge >= 0.3 is 5.97 Å². The smallest absolute Gasteiger partial charge is 0.337 e. The lowest BCUT2D eigenvalue weighted by Gasteiger charge is -2.13. The summed E-state index contributed by atoms with van der Waals surface area (Å²) in [5.74, 6) is -1.23. The summed E-state index contributed by atoms with van der Waals surface area (Å²) in [6.45, 7) is 5.98. The second kappa shape index (κ2) is 8.05. The number of rotatable bonds is 5. The maximum absolute atomic E-state index is 12.8. The molecule has 0 radical (unpaired) electrons. The molecule has 2 aromatic carbocycles. The highest BCUT2D eigenvalue weighted by Gasteiger charge is 2.32. The molecule has 3 rings (SSSR count). The molecule has 0 unspecified atom stereocenters. The van der Waals surface area contributed by atoms with E-state index in [1.54, 1.807) is 24.3 Å². The van der Waals surface area contributed by atoms with Crippen LogP contribution in [0, 0.1) is 6.92 Å². The molecule has 0 bridgehead atoms. The van der Waals surface area contributed by atoms with Gasteiger partial charge in [0.05, 0.1) is 16.2 Å². The van der Waals surface area contributed by atoms with Crippen molar-refractivity contribution in [3.05, 3.63) is 82.8 Å². The van der Waals surface area contributed by atoms with Gasteiger partial charge in [0.1, 0.15) is 0 Å². The first-order valence-electron chi connectivity index (χ1n) is 8.29. The molecule has 27 heavy (non-hydrogen) atoms. The van der Waals surface area contributed by atoms with Crippen LogP contribution in [-0.2, 0) is 4.79 Å². The Labute approximate surface area is 161 Å². The van der Waals surface area contributed by atoms with E-state index in [0.717, 1.165) is 11.1 Å². The fraction of sp³-hybridized carbons (Fsp3) is 0.0952. The number of aliphatic imine (C=N–C) groups is 1. The molecular formula is C21H18N2O3S. The van der Waals surface area contributed by atoms with Gasteiger partial charge in [-0.1, -0.05) is 48.0 Å². The number of benzene rings is 2. The van der Waals surface area contributed by atoms with Crippen molar-refractivity contribution >= 4 is 40.6 Å². The summed E-state index contributed by atoms with van der Waals surface area (Å²) in [6.07, 6.45) is 3.44. The van der Waals surface area contributed by atoms with E-state index in [9.17, 15) is 14.7 Å². The van der Waals surface area contributed by atoms with Gasteiger partial charge in [0.2, 0.25) is 0 Å². The molecule has 1 aliphatic heterocycles. The number of amidine groups is 1. The molecular weight excluding hydrogens is 360 g/mol. The van der Waals surface area contributed by atoms with Crippen LogP contribution >= 0.6 is 11.8 Å². The van der Waals surface area contributed by atoms with Gasteiger partial charge in [-0.25, -0.2) is 9.79 Å². The van der Waals surface area contributed by atoms with Crippen molar-refractivity contribution in [2.45, 2.75) is 6.92 Å². The zero-order valence-electron chi connectivity index (χ0n) is 14.8. The number of carboxylic acids is 1. The number of carboxylic acid groups (broad SMARTS) is 1. The topological polar surface area (TPSA) is 70.0 Å². The van der Waals surface area contributed by atoms with Crippen LogP contribution in [0.15, 0.2) is 71.1 Å². The first-order valence-corrected chi connectivity index (χ1v) is 9.11. The average Bonchev–Trinajstić information content (AvgIpc) is 2.91. The highest BCUT2D eigenvalue weighted by atomic mass is 32.2. The normalized spacial score (nSPS) is 16.9. The van der Waals surface area contributed by atoms with Gasteiger partial charge in [-0.2, -0.15) is 0 Å². The molecule has 1 aliphatic rings. The number of amides is 1. The Hall–Kier alpha value is -3.12. The standard InChI is InChI=1S/C21H18N2O3S/c1-3-11-23-19(24)18(13-15-8-6-7-14(2)12-15)27-21(23)22-17-10-5-4-9-16(17)20(25)26/h3-10,12-13H,1,11H2,2H3,(H,25,26)/b18-13-,22-21?. The number of nitrogens with zero attached hydrogens (tertiary/aromatic N) is 2. The van der Waals surface area contributed by atoms with E-state index in [2.05, 4.69) is 11.6 Å². The van der Waals surface area contributed by atoms with Gasteiger partial charge in [0, 0.05) is 6.54 Å². The van der Waals surface area contributed by atoms with E-state index in [0.29, 0.717) is 22.3 Å². The molecule has 1 N–H and O–H groups in total. The highest BCUT2D eigenvalue weighted by Crippen LogP contribution is 2.34. The number of hydrogen-bond acceptors (Lipinski definition) is 4. The molecule has 0 aliphatic carbocycles. The second-order valence-electron chi connectivity index (χ2n) is 5.95. The van der Waals surface area contributed by atoms with Crippen LogP contribution in [0.1, 0.15) is 21.5 Å². The number of thioether (sulfide) groups is 1. The molecule has 0 aromatic heterocycles. The molecule has 0 atom stereocenters. The first-order chi connectivity index (χ1) is 13.0. The Kier molecular flexibility index (Phi) is 5.57. The van der Waals surface area contributed by atoms with E-state index in [1.165, 1.54) is 22.7 Å².